The maximum absolute atomic E-state index is 12.3. The molecule has 2 N–H and O–H groups in total. The van der Waals surface area contributed by atoms with Gasteiger partial charge in [-0.3, -0.25) is 10.1 Å². The lowest BCUT2D eigenvalue weighted by atomic mass is 10.1. The fraction of sp³-hybridized carbons (Fsp3) is 0.300. The lowest BCUT2D eigenvalue weighted by Gasteiger charge is -2.14. The molecule has 2 aromatic rings. The van der Waals surface area contributed by atoms with Crippen LogP contribution in [0.4, 0.5) is 5.69 Å². The first kappa shape index (κ1) is 18.9. The predicted molar refractivity (Wildman–Crippen MR) is 106 cm³/mol. The van der Waals surface area contributed by atoms with E-state index in [1.54, 1.807) is 24.3 Å². The Bertz CT molecular complexity index is 757. The van der Waals surface area contributed by atoms with E-state index in [2.05, 4.69) is 23.6 Å². The van der Waals surface area contributed by atoms with Gasteiger partial charge in [0.2, 0.25) is 0 Å². The van der Waals surface area contributed by atoms with Crippen LogP contribution in [0.15, 0.2) is 42.5 Å². The largest absolute Gasteiger partial charge is 0.491 e. The number of hydrogen-bond acceptors (Lipinski definition) is 3. The average Bonchev–Trinajstić information content (AvgIpc) is 2.57. The van der Waals surface area contributed by atoms with E-state index in [4.69, 9.17) is 17.0 Å². The predicted octanol–water partition coefficient (Wildman–Crippen LogP) is 4.61. The van der Waals surface area contributed by atoms with E-state index in [1.165, 1.54) is 5.56 Å². The molecule has 0 radical (unpaired) electrons. The average molecular weight is 356 g/mol. The fourth-order valence-corrected chi connectivity index (χ4v) is 2.49. The van der Waals surface area contributed by atoms with Crippen LogP contribution >= 0.6 is 12.2 Å². The van der Waals surface area contributed by atoms with Gasteiger partial charge < -0.3 is 10.1 Å². The Morgan fingerprint density at radius 1 is 1.16 bits per heavy atom. The van der Waals surface area contributed by atoms with Gasteiger partial charge in [0.25, 0.3) is 5.91 Å². The summed E-state index contributed by atoms with van der Waals surface area (Å²) in [5.41, 5.74) is 3.66. The minimum absolute atomic E-state index is 0.147. The van der Waals surface area contributed by atoms with Crippen molar-refractivity contribution in [1.82, 2.24) is 5.32 Å². The van der Waals surface area contributed by atoms with Gasteiger partial charge in [0, 0.05) is 11.3 Å². The molecule has 0 saturated carbocycles. The number of thiocarbonyl (C=S) groups is 1. The molecule has 0 aromatic heterocycles. The molecule has 2 aromatic carbocycles. The molecule has 5 heteroatoms. The van der Waals surface area contributed by atoms with Gasteiger partial charge in [-0.05, 0) is 75.3 Å². The van der Waals surface area contributed by atoms with Crippen LogP contribution in [0.2, 0.25) is 0 Å². The summed E-state index contributed by atoms with van der Waals surface area (Å²) >= 11 is 5.24. The number of rotatable bonds is 5. The van der Waals surface area contributed by atoms with E-state index < -0.39 is 0 Å². The van der Waals surface area contributed by atoms with Crippen LogP contribution in [-0.4, -0.2) is 17.1 Å². The van der Waals surface area contributed by atoms with Crippen molar-refractivity contribution in [2.75, 3.05) is 5.32 Å². The second-order valence-electron chi connectivity index (χ2n) is 6.09. The molecule has 0 saturated heterocycles. The van der Waals surface area contributed by atoms with Crippen molar-refractivity contribution in [3.05, 3.63) is 59.2 Å². The maximum atomic E-state index is 12.3. The number of carbonyl (C=O) groups excluding carboxylic acids is 1. The minimum atomic E-state index is -0.252. The first-order valence-electron chi connectivity index (χ1n) is 8.35. The zero-order valence-electron chi connectivity index (χ0n) is 15.1. The zero-order chi connectivity index (χ0) is 18.4. The topological polar surface area (TPSA) is 50.4 Å². The summed E-state index contributed by atoms with van der Waals surface area (Å²) in [7, 11) is 0. The molecule has 0 heterocycles. The molecule has 4 nitrogen and oxygen atoms in total. The number of hydrogen-bond donors (Lipinski definition) is 2. The van der Waals surface area contributed by atoms with Crippen LogP contribution in [0.1, 0.15) is 41.8 Å². The second kappa shape index (κ2) is 8.62. The molecule has 0 bridgehead atoms. The molecule has 2 rings (SSSR count). The van der Waals surface area contributed by atoms with Gasteiger partial charge in [-0.25, -0.2) is 0 Å². The molecule has 132 valence electrons. The molecule has 1 amide bonds. The summed E-state index contributed by atoms with van der Waals surface area (Å²) in [6.07, 6.45) is 1.08. The third-order valence-corrected chi connectivity index (χ3v) is 4.09. The van der Waals surface area contributed by atoms with Crippen LogP contribution in [-0.2, 0) is 0 Å². The van der Waals surface area contributed by atoms with Gasteiger partial charge in [0.05, 0.1) is 6.10 Å². The molecule has 1 atom stereocenters. The van der Waals surface area contributed by atoms with E-state index >= 15 is 0 Å². The van der Waals surface area contributed by atoms with Crippen LogP contribution in [0.3, 0.4) is 0 Å². The first-order chi connectivity index (χ1) is 11.9. The smallest absolute Gasteiger partial charge is 0.257 e. The third kappa shape index (κ3) is 5.57. The summed E-state index contributed by atoms with van der Waals surface area (Å²) in [5.74, 6) is 0.499. The number of ether oxygens (including phenoxy) is 1. The highest BCUT2D eigenvalue weighted by Gasteiger charge is 2.10. The van der Waals surface area contributed by atoms with Crippen molar-refractivity contribution in [1.29, 1.82) is 0 Å². The number of amides is 1. The van der Waals surface area contributed by atoms with Crippen molar-refractivity contribution in [2.24, 2.45) is 0 Å². The van der Waals surface area contributed by atoms with Crippen LogP contribution in [0.25, 0.3) is 0 Å². The number of nitrogens with one attached hydrogen (secondary N) is 2. The number of benzene rings is 2. The molecular formula is C20H24N2O2S. The first-order valence-corrected chi connectivity index (χ1v) is 8.76. The minimum Gasteiger partial charge on any atom is -0.491 e. The summed E-state index contributed by atoms with van der Waals surface area (Å²) in [6.45, 7) is 8.11. The molecule has 0 spiro atoms. The van der Waals surface area contributed by atoms with Crippen LogP contribution in [0, 0.1) is 13.8 Å². The SMILES string of the molecule is CCC(C)Oc1ccc(C(=O)NC(=S)Nc2ccc(C)cc2C)cc1. The second-order valence-corrected chi connectivity index (χ2v) is 6.50. The summed E-state index contributed by atoms with van der Waals surface area (Å²) < 4.78 is 5.71. The zero-order valence-corrected chi connectivity index (χ0v) is 15.9. The summed E-state index contributed by atoms with van der Waals surface area (Å²) in [4.78, 5) is 12.3. The molecule has 0 aliphatic carbocycles. The molecule has 25 heavy (non-hydrogen) atoms. The standard InChI is InChI=1S/C20H24N2O2S/c1-5-15(4)24-17-9-7-16(8-10-17)19(23)22-20(25)21-18-11-6-13(2)12-14(18)3/h6-12,15H,5H2,1-4H3,(H2,21,22,23,25). The Kier molecular flexibility index (Phi) is 6.53. The highest BCUT2D eigenvalue weighted by atomic mass is 32.1. The van der Waals surface area contributed by atoms with Crippen LogP contribution in [0.5, 0.6) is 5.75 Å². The Labute approximate surface area is 154 Å². The number of aryl methyl sites for hydroxylation is 2. The van der Waals surface area contributed by atoms with Crippen molar-refractivity contribution in [3.8, 4) is 5.75 Å². The lowest BCUT2D eigenvalue weighted by molar-refractivity contribution is 0.0977. The Morgan fingerprint density at radius 3 is 2.44 bits per heavy atom. The Morgan fingerprint density at radius 2 is 1.84 bits per heavy atom. The quantitative estimate of drug-likeness (QED) is 0.768. The van der Waals surface area contributed by atoms with E-state index in [1.807, 2.05) is 32.9 Å². The van der Waals surface area contributed by atoms with Gasteiger partial charge in [-0.2, -0.15) is 0 Å². The number of anilines is 1. The Hall–Kier alpha value is -2.40. The monoisotopic (exact) mass is 356 g/mol. The third-order valence-electron chi connectivity index (χ3n) is 3.89. The van der Waals surface area contributed by atoms with E-state index in [9.17, 15) is 4.79 Å². The van der Waals surface area contributed by atoms with Gasteiger partial charge in [0.1, 0.15) is 5.75 Å². The van der Waals surface area contributed by atoms with E-state index in [0.717, 1.165) is 23.4 Å². The van der Waals surface area contributed by atoms with Gasteiger partial charge >= 0.3 is 0 Å². The highest BCUT2D eigenvalue weighted by Crippen LogP contribution is 2.17. The molecular weight excluding hydrogens is 332 g/mol. The van der Waals surface area contributed by atoms with Crippen LogP contribution < -0.4 is 15.4 Å². The van der Waals surface area contributed by atoms with Crippen molar-refractivity contribution >= 4 is 28.9 Å². The van der Waals surface area contributed by atoms with E-state index in [-0.39, 0.29) is 17.1 Å². The lowest BCUT2D eigenvalue weighted by Crippen LogP contribution is -2.34. The Balaban J connectivity index is 1.95. The van der Waals surface area contributed by atoms with Crippen molar-refractivity contribution in [3.63, 3.8) is 0 Å². The van der Waals surface area contributed by atoms with Gasteiger partial charge in [0.15, 0.2) is 5.11 Å². The molecule has 0 fully saturated rings. The van der Waals surface area contributed by atoms with Gasteiger partial charge in [-0.1, -0.05) is 24.6 Å². The molecule has 0 aliphatic rings. The van der Waals surface area contributed by atoms with Crippen molar-refractivity contribution < 1.29 is 9.53 Å². The van der Waals surface area contributed by atoms with E-state index in [0.29, 0.717) is 5.56 Å². The summed E-state index contributed by atoms with van der Waals surface area (Å²) in [5, 5.41) is 6.03. The molecule has 0 aliphatic heterocycles. The number of carbonyl (C=O) groups is 1. The van der Waals surface area contributed by atoms with Crippen molar-refractivity contribution in [2.45, 2.75) is 40.2 Å². The summed E-state index contributed by atoms with van der Waals surface area (Å²) in [6, 6.07) is 13.0. The van der Waals surface area contributed by atoms with Gasteiger partial charge in [-0.15, -0.1) is 0 Å². The highest BCUT2D eigenvalue weighted by molar-refractivity contribution is 7.80. The maximum Gasteiger partial charge on any atom is 0.257 e. The fourth-order valence-electron chi connectivity index (χ4n) is 2.28. The molecule has 1 unspecified atom stereocenters. The normalized spacial score (nSPS) is 11.5.